The van der Waals surface area contributed by atoms with Crippen molar-refractivity contribution in [3.8, 4) is 11.5 Å². The Labute approximate surface area is 294 Å². The topological polar surface area (TPSA) is 115 Å². The molecule has 0 radical (unpaired) electrons. The van der Waals surface area contributed by atoms with Gasteiger partial charge in [-0.3, -0.25) is 9.80 Å². The number of carbonyl (C=O) groups is 2. The Bertz CT molecular complexity index is 1810. The van der Waals surface area contributed by atoms with E-state index in [0.717, 1.165) is 25.9 Å². The molecule has 1 aromatic heterocycles. The molecule has 2 bridgehead atoms. The Morgan fingerprint density at radius 2 is 1.67 bits per heavy atom. The third-order valence-electron chi connectivity index (χ3n) is 9.52. The lowest BCUT2D eigenvalue weighted by Gasteiger charge is -2.44. The lowest BCUT2D eigenvalue weighted by molar-refractivity contribution is -0.605. The molecule has 4 heterocycles. The Balaban J connectivity index is 1.48. The molecule has 7 rings (SSSR count). The Morgan fingerprint density at radius 1 is 0.980 bits per heavy atom. The predicted molar refractivity (Wildman–Crippen MR) is 186 cm³/mol. The first-order chi connectivity index (χ1) is 23.7. The van der Waals surface area contributed by atoms with Gasteiger partial charge >= 0.3 is 12.1 Å². The molecule has 0 saturated carbocycles. The number of pyridine rings is 1. The molecule has 1 N–H and O–H groups in total. The summed E-state index contributed by atoms with van der Waals surface area (Å²) in [6, 6.07) is 19.6. The number of hydrogen-bond acceptors (Lipinski definition) is 7. The second-order valence-electron chi connectivity index (χ2n) is 12.3. The van der Waals surface area contributed by atoms with Crippen LogP contribution in [-0.2, 0) is 17.7 Å². The van der Waals surface area contributed by atoms with E-state index >= 15 is 0 Å². The Hall–Kier alpha value is -4.51. The van der Waals surface area contributed by atoms with Crippen molar-refractivity contribution in [2.24, 2.45) is 5.92 Å². The highest BCUT2D eigenvalue weighted by atomic mass is 35.5. The molecule has 3 aromatic carbocycles. The van der Waals surface area contributed by atoms with E-state index in [4.69, 9.17) is 37.4 Å². The normalized spacial score (nSPS) is 18.8. The molecular formula is C37H37Cl2N3O7. The molecule has 3 aliphatic rings. The second-order valence-corrected chi connectivity index (χ2v) is 13.1. The molecule has 3 aliphatic heterocycles. The average molecular weight is 707 g/mol. The number of hydrogen-bond donors (Lipinski definition) is 1. The Morgan fingerprint density at radius 3 is 2.29 bits per heavy atom. The van der Waals surface area contributed by atoms with Gasteiger partial charge < -0.3 is 24.5 Å². The summed E-state index contributed by atoms with van der Waals surface area (Å²) in [6.45, 7) is 2.73. The number of benzene rings is 3. The van der Waals surface area contributed by atoms with E-state index in [0.29, 0.717) is 56.6 Å². The maximum absolute atomic E-state index is 14.1. The number of methoxy groups -OCH3 is 2. The first-order valence-corrected chi connectivity index (χ1v) is 16.8. The quantitative estimate of drug-likeness (QED) is 0.132. The molecule has 3 fully saturated rings. The molecule has 12 heteroatoms. The lowest BCUT2D eigenvalue weighted by atomic mass is 9.80. The number of aromatic nitrogens is 1. The van der Waals surface area contributed by atoms with Crippen LogP contribution in [0.1, 0.15) is 51.4 Å². The van der Waals surface area contributed by atoms with E-state index < -0.39 is 18.0 Å². The van der Waals surface area contributed by atoms with E-state index in [-0.39, 0.29) is 34.7 Å². The smallest absolute Gasteiger partial charge is 0.414 e. The van der Waals surface area contributed by atoms with Crippen molar-refractivity contribution >= 4 is 41.0 Å². The zero-order valence-electron chi connectivity index (χ0n) is 27.2. The largest absolute Gasteiger partial charge is 0.619 e. The lowest BCUT2D eigenvalue weighted by Crippen LogP contribution is -2.53. The zero-order chi connectivity index (χ0) is 34.7. The predicted octanol–water partition coefficient (Wildman–Crippen LogP) is 6.95. The van der Waals surface area contributed by atoms with E-state index in [1.165, 1.54) is 32.7 Å². The molecule has 256 valence electrons. The van der Waals surface area contributed by atoms with Gasteiger partial charge in [0, 0.05) is 23.7 Å². The summed E-state index contributed by atoms with van der Waals surface area (Å²) in [5.41, 5.74) is 2.82. The van der Waals surface area contributed by atoms with Gasteiger partial charge in [-0.05, 0) is 85.3 Å². The Kier molecular flexibility index (Phi) is 10.5. The SMILES string of the molecule is COc1ccc([C@H](Cc2c(Cl)c[n+]([O-])cc2Cl)c2c(CN(C(=O)O[C@H]3CN4CCC3CC4)c3ccccc3)cccc2C(=O)O)cc1OC. The minimum Gasteiger partial charge on any atom is -0.619 e. The van der Waals surface area contributed by atoms with Crippen LogP contribution in [0.25, 0.3) is 0 Å². The summed E-state index contributed by atoms with van der Waals surface area (Å²) in [5, 5.41) is 23.0. The number of fused-ring (bicyclic) bond motifs is 3. The molecular weight excluding hydrogens is 669 g/mol. The minimum absolute atomic E-state index is 0.0149. The third-order valence-corrected chi connectivity index (χ3v) is 10.2. The van der Waals surface area contributed by atoms with E-state index in [1.807, 2.05) is 42.5 Å². The van der Waals surface area contributed by atoms with Gasteiger partial charge in [0.2, 0.25) is 0 Å². The van der Waals surface area contributed by atoms with Crippen LogP contribution in [0.3, 0.4) is 0 Å². The maximum atomic E-state index is 14.1. The van der Waals surface area contributed by atoms with Gasteiger partial charge in [0.05, 0.1) is 26.3 Å². The number of carboxylic acid groups (broad SMARTS) is 1. The highest BCUT2D eigenvalue weighted by Gasteiger charge is 2.38. The molecule has 0 aliphatic carbocycles. The van der Waals surface area contributed by atoms with E-state index in [2.05, 4.69) is 4.90 Å². The van der Waals surface area contributed by atoms with Gasteiger partial charge in [-0.1, -0.05) is 59.6 Å². The fourth-order valence-electron chi connectivity index (χ4n) is 7.01. The van der Waals surface area contributed by atoms with Crippen molar-refractivity contribution in [1.82, 2.24) is 4.90 Å². The van der Waals surface area contributed by atoms with Crippen molar-refractivity contribution in [1.29, 1.82) is 0 Å². The van der Waals surface area contributed by atoms with Crippen LogP contribution in [0.2, 0.25) is 10.0 Å². The number of halogens is 2. The average Bonchev–Trinajstić information content (AvgIpc) is 3.11. The first kappa shape index (κ1) is 34.4. The highest BCUT2D eigenvalue weighted by molar-refractivity contribution is 6.35. The van der Waals surface area contributed by atoms with Crippen LogP contribution < -0.4 is 19.1 Å². The number of carboxylic acids is 1. The fourth-order valence-corrected chi connectivity index (χ4v) is 7.61. The molecule has 4 aromatic rings. The van der Waals surface area contributed by atoms with Crippen molar-refractivity contribution in [3.63, 3.8) is 0 Å². The summed E-state index contributed by atoms with van der Waals surface area (Å²) in [7, 11) is 3.05. The number of ether oxygens (including phenoxy) is 3. The van der Waals surface area contributed by atoms with Crippen LogP contribution in [0, 0.1) is 11.1 Å². The molecule has 0 spiro atoms. The van der Waals surface area contributed by atoms with Gasteiger partial charge in [-0.25, -0.2) is 9.59 Å². The van der Waals surface area contributed by atoms with Crippen molar-refractivity contribution < 1.29 is 33.6 Å². The van der Waals surface area contributed by atoms with Crippen molar-refractivity contribution in [2.45, 2.75) is 37.8 Å². The monoisotopic (exact) mass is 705 g/mol. The third kappa shape index (κ3) is 7.41. The number of anilines is 1. The molecule has 0 unspecified atom stereocenters. The van der Waals surface area contributed by atoms with Crippen molar-refractivity contribution in [2.75, 3.05) is 38.8 Å². The number of aromatic carboxylic acids is 1. The van der Waals surface area contributed by atoms with Crippen LogP contribution in [0.15, 0.2) is 79.1 Å². The summed E-state index contributed by atoms with van der Waals surface area (Å²) in [6.07, 6.45) is 3.78. The second kappa shape index (κ2) is 14.9. The molecule has 3 saturated heterocycles. The number of piperidine rings is 3. The molecule has 2 atom stereocenters. The van der Waals surface area contributed by atoms with Gasteiger partial charge in [-0.15, -0.1) is 0 Å². The fraction of sp³-hybridized carbons (Fsp3) is 0.324. The minimum atomic E-state index is -1.15. The van der Waals surface area contributed by atoms with E-state index in [9.17, 15) is 19.9 Å². The maximum Gasteiger partial charge on any atom is 0.414 e. The highest BCUT2D eigenvalue weighted by Crippen LogP contribution is 2.41. The molecule has 1 amide bonds. The van der Waals surface area contributed by atoms with Crippen LogP contribution >= 0.6 is 23.2 Å². The van der Waals surface area contributed by atoms with Crippen LogP contribution in [0.5, 0.6) is 11.5 Å². The summed E-state index contributed by atoms with van der Waals surface area (Å²) < 4.78 is 17.8. The summed E-state index contributed by atoms with van der Waals surface area (Å²) >= 11 is 13.2. The summed E-state index contributed by atoms with van der Waals surface area (Å²) in [5.74, 6) is -0.582. The zero-order valence-corrected chi connectivity index (χ0v) is 28.7. The van der Waals surface area contributed by atoms with Crippen LogP contribution in [-0.4, -0.2) is 62.0 Å². The summed E-state index contributed by atoms with van der Waals surface area (Å²) in [4.78, 5) is 30.9. The van der Waals surface area contributed by atoms with Gasteiger partial charge in [-0.2, -0.15) is 4.73 Å². The number of amides is 1. The number of carbonyl (C=O) groups excluding carboxylic acids is 1. The first-order valence-electron chi connectivity index (χ1n) is 16.1. The molecule has 49 heavy (non-hydrogen) atoms. The number of nitrogens with zero attached hydrogens (tertiary/aromatic N) is 3. The molecule has 10 nitrogen and oxygen atoms in total. The van der Waals surface area contributed by atoms with E-state index in [1.54, 1.807) is 23.1 Å². The van der Waals surface area contributed by atoms with Gasteiger partial charge in [0.25, 0.3) is 0 Å². The number of rotatable bonds is 11. The van der Waals surface area contributed by atoms with Gasteiger partial charge in [0.1, 0.15) is 16.1 Å². The standard InChI is InChI=1S/C37H37Cl2N3O7/c1-47-32-12-11-24(17-33(32)48-2)28(18-29-30(38)20-41(46)21-31(29)39)35-25(7-6-10-27(35)36(43)44)19-42(26-8-4-3-5-9-26)37(45)49-34-22-40-15-13-23(34)14-16-40/h3-12,17,20-21,23,28,34H,13-16,18-19,22H2,1-2H3,(H,43,44)/t28-,34-/m0/s1. The van der Waals surface area contributed by atoms with Crippen molar-refractivity contribution in [3.05, 3.63) is 122 Å². The van der Waals surface area contributed by atoms with Crippen LogP contribution in [0.4, 0.5) is 10.5 Å². The number of para-hydroxylation sites is 1. The van der Waals surface area contributed by atoms with Gasteiger partial charge in [0.15, 0.2) is 23.9 Å².